The SMILES string of the molecule is CON(C)CC[C@@H](c1ccccc1)c1ccccn1. The summed E-state index contributed by atoms with van der Waals surface area (Å²) in [7, 11) is 3.64. The fourth-order valence-corrected chi connectivity index (χ4v) is 2.15. The zero-order valence-electron chi connectivity index (χ0n) is 11.5. The molecule has 0 saturated carbocycles. The standard InChI is InChI=1S/C16H20N2O/c1-18(19-2)13-11-15(14-8-4-3-5-9-14)16-10-6-7-12-17-16/h3-10,12,15H,11,13H2,1-2H3/t15-/m0/s1. The van der Waals surface area contributed by atoms with Gasteiger partial charge in [0.15, 0.2) is 0 Å². The van der Waals surface area contributed by atoms with E-state index in [1.807, 2.05) is 36.5 Å². The van der Waals surface area contributed by atoms with E-state index in [4.69, 9.17) is 4.84 Å². The third-order valence-electron chi connectivity index (χ3n) is 3.29. The van der Waals surface area contributed by atoms with Gasteiger partial charge < -0.3 is 4.84 Å². The summed E-state index contributed by atoms with van der Waals surface area (Å²) in [5.74, 6) is 0.306. The minimum Gasteiger partial charge on any atom is -0.303 e. The third-order valence-corrected chi connectivity index (χ3v) is 3.29. The number of rotatable bonds is 6. The lowest BCUT2D eigenvalue weighted by Gasteiger charge is -2.20. The van der Waals surface area contributed by atoms with Gasteiger partial charge in [-0.1, -0.05) is 36.4 Å². The molecule has 0 fully saturated rings. The molecule has 0 unspecified atom stereocenters. The van der Waals surface area contributed by atoms with E-state index in [1.54, 1.807) is 7.11 Å². The molecule has 0 spiro atoms. The first kappa shape index (κ1) is 13.7. The predicted molar refractivity (Wildman–Crippen MR) is 76.8 cm³/mol. The molecule has 0 aliphatic heterocycles. The first-order valence-electron chi connectivity index (χ1n) is 6.52. The van der Waals surface area contributed by atoms with Crippen LogP contribution in [-0.2, 0) is 4.84 Å². The normalized spacial score (nSPS) is 12.6. The van der Waals surface area contributed by atoms with Crippen molar-refractivity contribution in [3.8, 4) is 0 Å². The summed E-state index contributed by atoms with van der Waals surface area (Å²) in [5, 5.41) is 1.85. The highest BCUT2D eigenvalue weighted by molar-refractivity contribution is 5.28. The molecule has 0 amide bonds. The number of pyridine rings is 1. The van der Waals surface area contributed by atoms with Gasteiger partial charge in [-0.15, -0.1) is 0 Å². The second kappa shape index (κ2) is 7.02. The lowest BCUT2D eigenvalue weighted by Crippen LogP contribution is -2.20. The Morgan fingerprint density at radius 1 is 1.11 bits per heavy atom. The summed E-state index contributed by atoms with van der Waals surface area (Å²) in [6.45, 7) is 0.868. The first-order valence-corrected chi connectivity index (χ1v) is 6.52. The van der Waals surface area contributed by atoms with Gasteiger partial charge in [0.2, 0.25) is 0 Å². The fraction of sp³-hybridized carbons (Fsp3) is 0.312. The average Bonchev–Trinajstić information content (AvgIpc) is 2.49. The molecule has 1 aromatic heterocycles. The molecule has 2 rings (SSSR count). The van der Waals surface area contributed by atoms with Crippen molar-refractivity contribution in [3.05, 3.63) is 66.0 Å². The topological polar surface area (TPSA) is 25.4 Å². The molecule has 2 aromatic rings. The van der Waals surface area contributed by atoms with Crippen molar-refractivity contribution in [2.24, 2.45) is 0 Å². The van der Waals surface area contributed by atoms with E-state index in [0.717, 1.165) is 18.7 Å². The molecular formula is C16H20N2O. The Bertz CT molecular complexity index is 433. The van der Waals surface area contributed by atoms with Gasteiger partial charge >= 0.3 is 0 Å². The number of hydrogen-bond acceptors (Lipinski definition) is 3. The number of benzene rings is 1. The summed E-state index contributed by atoms with van der Waals surface area (Å²) in [6.07, 6.45) is 2.83. The highest BCUT2D eigenvalue weighted by atomic mass is 16.7. The van der Waals surface area contributed by atoms with Crippen LogP contribution >= 0.6 is 0 Å². The molecule has 0 radical (unpaired) electrons. The minimum atomic E-state index is 0.306. The molecule has 3 nitrogen and oxygen atoms in total. The molecule has 0 N–H and O–H groups in total. The molecule has 3 heteroatoms. The zero-order chi connectivity index (χ0) is 13.5. The largest absolute Gasteiger partial charge is 0.303 e. The van der Waals surface area contributed by atoms with Crippen LogP contribution in [0.5, 0.6) is 0 Å². The maximum absolute atomic E-state index is 5.19. The van der Waals surface area contributed by atoms with Gasteiger partial charge in [0.1, 0.15) is 0 Å². The molecule has 0 bridgehead atoms. The van der Waals surface area contributed by atoms with Crippen molar-refractivity contribution in [2.75, 3.05) is 20.7 Å². The number of aromatic nitrogens is 1. The monoisotopic (exact) mass is 256 g/mol. The van der Waals surface area contributed by atoms with Gasteiger partial charge in [-0.05, 0) is 24.1 Å². The van der Waals surface area contributed by atoms with E-state index in [2.05, 4.69) is 35.3 Å². The molecule has 1 aromatic carbocycles. The number of hydrogen-bond donors (Lipinski definition) is 0. The Balaban J connectivity index is 2.19. The van der Waals surface area contributed by atoms with Gasteiger partial charge in [-0.25, -0.2) is 0 Å². The Morgan fingerprint density at radius 2 is 1.84 bits per heavy atom. The molecule has 0 aliphatic rings. The van der Waals surface area contributed by atoms with Gasteiger partial charge in [0, 0.05) is 31.4 Å². The average molecular weight is 256 g/mol. The smallest absolute Gasteiger partial charge is 0.0575 e. The van der Waals surface area contributed by atoms with Crippen LogP contribution in [0.1, 0.15) is 23.6 Å². The highest BCUT2D eigenvalue weighted by Crippen LogP contribution is 2.26. The summed E-state index contributed by atoms with van der Waals surface area (Å²) in [4.78, 5) is 9.69. The zero-order valence-corrected chi connectivity index (χ0v) is 11.5. The maximum atomic E-state index is 5.19. The second-order valence-corrected chi connectivity index (χ2v) is 4.54. The van der Waals surface area contributed by atoms with E-state index in [1.165, 1.54) is 5.56 Å². The molecule has 100 valence electrons. The van der Waals surface area contributed by atoms with Crippen LogP contribution < -0.4 is 0 Å². The van der Waals surface area contributed by atoms with Crippen molar-refractivity contribution >= 4 is 0 Å². The van der Waals surface area contributed by atoms with E-state index >= 15 is 0 Å². The third kappa shape index (κ3) is 3.88. The van der Waals surface area contributed by atoms with Gasteiger partial charge in [0.05, 0.1) is 7.11 Å². The summed E-state index contributed by atoms with van der Waals surface area (Å²) in [6, 6.07) is 16.6. The second-order valence-electron chi connectivity index (χ2n) is 4.54. The first-order chi connectivity index (χ1) is 9.31. The maximum Gasteiger partial charge on any atom is 0.0575 e. The summed E-state index contributed by atoms with van der Waals surface area (Å²) in [5.41, 5.74) is 2.41. The molecule has 1 heterocycles. The molecule has 0 aliphatic carbocycles. The predicted octanol–water partition coefficient (Wildman–Crippen LogP) is 3.10. The van der Waals surface area contributed by atoms with Crippen LogP contribution in [0.25, 0.3) is 0 Å². The van der Waals surface area contributed by atoms with E-state index < -0.39 is 0 Å². The highest BCUT2D eigenvalue weighted by Gasteiger charge is 2.15. The Labute approximate surface area is 114 Å². The summed E-state index contributed by atoms with van der Waals surface area (Å²) >= 11 is 0. The van der Waals surface area contributed by atoms with Gasteiger partial charge in [-0.2, -0.15) is 5.06 Å². The summed E-state index contributed by atoms with van der Waals surface area (Å²) < 4.78 is 0. The Kier molecular flexibility index (Phi) is 5.07. The van der Waals surface area contributed by atoms with Crippen molar-refractivity contribution in [2.45, 2.75) is 12.3 Å². The number of hydroxylamine groups is 2. The van der Waals surface area contributed by atoms with Gasteiger partial charge in [0.25, 0.3) is 0 Å². The van der Waals surface area contributed by atoms with Crippen LogP contribution in [0.3, 0.4) is 0 Å². The van der Waals surface area contributed by atoms with E-state index in [9.17, 15) is 0 Å². The van der Waals surface area contributed by atoms with Crippen molar-refractivity contribution < 1.29 is 4.84 Å². The van der Waals surface area contributed by atoms with E-state index in [0.29, 0.717) is 5.92 Å². The van der Waals surface area contributed by atoms with Crippen molar-refractivity contribution in [3.63, 3.8) is 0 Å². The lowest BCUT2D eigenvalue weighted by atomic mass is 9.92. The van der Waals surface area contributed by atoms with Crippen molar-refractivity contribution in [1.29, 1.82) is 0 Å². The molecular weight excluding hydrogens is 236 g/mol. The molecule has 1 atom stereocenters. The molecule has 19 heavy (non-hydrogen) atoms. The quantitative estimate of drug-likeness (QED) is 0.743. The van der Waals surface area contributed by atoms with E-state index in [-0.39, 0.29) is 0 Å². The van der Waals surface area contributed by atoms with Crippen LogP contribution in [0, 0.1) is 0 Å². The Morgan fingerprint density at radius 3 is 2.47 bits per heavy atom. The minimum absolute atomic E-state index is 0.306. The Hall–Kier alpha value is -1.71. The van der Waals surface area contributed by atoms with Crippen LogP contribution in [0.2, 0.25) is 0 Å². The van der Waals surface area contributed by atoms with Gasteiger partial charge in [-0.3, -0.25) is 4.98 Å². The van der Waals surface area contributed by atoms with Crippen LogP contribution in [0.4, 0.5) is 0 Å². The van der Waals surface area contributed by atoms with Crippen LogP contribution in [-0.4, -0.2) is 30.7 Å². The van der Waals surface area contributed by atoms with Crippen molar-refractivity contribution in [1.82, 2.24) is 10.0 Å². The fourth-order valence-electron chi connectivity index (χ4n) is 2.15. The molecule has 0 saturated heterocycles. The number of nitrogens with zero attached hydrogens (tertiary/aromatic N) is 2. The lowest BCUT2D eigenvalue weighted by molar-refractivity contribution is -0.109. The van der Waals surface area contributed by atoms with Crippen LogP contribution in [0.15, 0.2) is 54.7 Å².